The van der Waals surface area contributed by atoms with E-state index >= 15 is 0 Å². The number of pyridine rings is 1. The number of rotatable bonds is 2. The van der Waals surface area contributed by atoms with Gasteiger partial charge in [-0.3, -0.25) is 4.57 Å². The molecule has 7 heteroatoms. The zero-order chi connectivity index (χ0) is 12.7. The molecule has 1 saturated heterocycles. The van der Waals surface area contributed by atoms with Crippen LogP contribution in [0.2, 0.25) is 0 Å². The molecule has 0 bridgehead atoms. The lowest BCUT2D eigenvalue weighted by atomic mass is 10.1. The molecule has 4 atom stereocenters. The summed E-state index contributed by atoms with van der Waals surface area (Å²) in [6, 6.07) is 3.55. The van der Waals surface area contributed by atoms with Gasteiger partial charge in [0.25, 0.3) is 0 Å². The number of hydrogen-bond donors (Lipinski definition) is 3. The summed E-state index contributed by atoms with van der Waals surface area (Å²) in [5.41, 5.74) is 1.24. The van der Waals surface area contributed by atoms with Crippen molar-refractivity contribution in [3.63, 3.8) is 0 Å². The smallest absolute Gasteiger partial charge is 0.165 e. The molecule has 96 valence electrons. The molecule has 2 aromatic heterocycles. The van der Waals surface area contributed by atoms with E-state index in [-0.39, 0.29) is 6.61 Å². The second-order valence-electron chi connectivity index (χ2n) is 4.23. The lowest BCUT2D eigenvalue weighted by molar-refractivity contribution is -0.0511. The zero-order valence-corrected chi connectivity index (χ0v) is 9.42. The summed E-state index contributed by atoms with van der Waals surface area (Å²) >= 11 is 0. The number of aliphatic hydroxyl groups excluding tert-OH is 3. The number of aromatic nitrogens is 3. The lowest BCUT2D eigenvalue weighted by Crippen LogP contribution is -2.33. The Kier molecular flexibility index (Phi) is 2.75. The van der Waals surface area contributed by atoms with Crippen LogP contribution >= 0.6 is 0 Å². The monoisotopic (exact) mass is 251 g/mol. The van der Waals surface area contributed by atoms with Gasteiger partial charge in [-0.05, 0) is 12.1 Å². The highest BCUT2D eigenvalue weighted by atomic mass is 16.6. The zero-order valence-electron chi connectivity index (χ0n) is 9.42. The Bertz CT molecular complexity index is 558. The average molecular weight is 251 g/mol. The predicted octanol–water partition coefficient (Wildman–Crippen LogP) is -0.957. The third-order valence-electron chi connectivity index (χ3n) is 3.12. The second kappa shape index (κ2) is 4.29. The minimum absolute atomic E-state index is 0.352. The molecule has 3 N–H and O–H groups in total. The maximum atomic E-state index is 9.93. The fourth-order valence-electron chi connectivity index (χ4n) is 2.16. The van der Waals surface area contributed by atoms with E-state index in [2.05, 4.69) is 9.97 Å². The molecule has 1 fully saturated rings. The molecule has 0 aromatic carbocycles. The van der Waals surface area contributed by atoms with Gasteiger partial charge in [-0.1, -0.05) is 0 Å². The second-order valence-corrected chi connectivity index (χ2v) is 4.23. The van der Waals surface area contributed by atoms with Gasteiger partial charge in [0.05, 0.1) is 12.9 Å². The molecule has 1 aliphatic rings. The summed E-state index contributed by atoms with van der Waals surface area (Å²) in [7, 11) is 0. The van der Waals surface area contributed by atoms with E-state index in [0.29, 0.717) is 11.2 Å². The first-order chi connectivity index (χ1) is 8.72. The van der Waals surface area contributed by atoms with Crippen LogP contribution in [-0.4, -0.2) is 54.8 Å². The van der Waals surface area contributed by atoms with Crippen molar-refractivity contribution in [1.29, 1.82) is 0 Å². The molecule has 0 radical (unpaired) electrons. The van der Waals surface area contributed by atoms with Gasteiger partial charge < -0.3 is 20.1 Å². The average Bonchev–Trinajstić information content (AvgIpc) is 2.93. The third kappa shape index (κ3) is 1.60. The SMILES string of the molecule is OC[C@H]1O[C@@H](n2cnc3cccnc32)C(O)C1O. The molecule has 2 unspecified atom stereocenters. The van der Waals surface area contributed by atoms with Crippen molar-refractivity contribution >= 4 is 11.2 Å². The van der Waals surface area contributed by atoms with Crippen LogP contribution in [0.1, 0.15) is 6.23 Å². The Labute approximate surface area is 102 Å². The van der Waals surface area contributed by atoms with Crippen molar-refractivity contribution in [3.8, 4) is 0 Å². The van der Waals surface area contributed by atoms with Crippen LogP contribution in [0.5, 0.6) is 0 Å². The van der Waals surface area contributed by atoms with Gasteiger partial charge in [-0.15, -0.1) is 0 Å². The maximum Gasteiger partial charge on any atom is 0.165 e. The van der Waals surface area contributed by atoms with Gasteiger partial charge in [0.15, 0.2) is 11.9 Å². The Morgan fingerprint density at radius 3 is 2.83 bits per heavy atom. The summed E-state index contributed by atoms with van der Waals surface area (Å²) in [5, 5.41) is 28.7. The lowest BCUT2D eigenvalue weighted by Gasteiger charge is -2.16. The van der Waals surface area contributed by atoms with E-state index in [9.17, 15) is 10.2 Å². The number of nitrogens with zero attached hydrogens (tertiary/aromatic N) is 3. The molecule has 0 aliphatic carbocycles. The number of hydrogen-bond acceptors (Lipinski definition) is 6. The first-order valence-corrected chi connectivity index (χ1v) is 5.62. The third-order valence-corrected chi connectivity index (χ3v) is 3.12. The van der Waals surface area contributed by atoms with Gasteiger partial charge in [0, 0.05) is 6.20 Å². The van der Waals surface area contributed by atoms with Crippen LogP contribution in [0.4, 0.5) is 0 Å². The topological polar surface area (TPSA) is 101 Å². The van der Waals surface area contributed by atoms with Crippen LogP contribution in [0, 0.1) is 0 Å². The fraction of sp³-hybridized carbons (Fsp3) is 0.455. The molecular weight excluding hydrogens is 238 g/mol. The highest BCUT2D eigenvalue weighted by Crippen LogP contribution is 2.30. The predicted molar refractivity (Wildman–Crippen MR) is 60.5 cm³/mol. The Morgan fingerprint density at radius 2 is 2.11 bits per heavy atom. The summed E-state index contributed by atoms with van der Waals surface area (Å²) in [4.78, 5) is 8.30. The Hall–Kier alpha value is -1.54. The normalized spacial score (nSPS) is 32.2. The van der Waals surface area contributed by atoms with Crippen LogP contribution in [0.15, 0.2) is 24.7 Å². The quantitative estimate of drug-likeness (QED) is 0.635. The van der Waals surface area contributed by atoms with Crippen LogP contribution in [0.25, 0.3) is 11.2 Å². The molecule has 18 heavy (non-hydrogen) atoms. The van der Waals surface area contributed by atoms with Crippen molar-refractivity contribution in [2.75, 3.05) is 6.61 Å². The van der Waals surface area contributed by atoms with Crippen molar-refractivity contribution in [2.45, 2.75) is 24.5 Å². The van der Waals surface area contributed by atoms with Crippen molar-refractivity contribution in [3.05, 3.63) is 24.7 Å². The number of ether oxygens (including phenoxy) is 1. The van der Waals surface area contributed by atoms with Crippen molar-refractivity contribution < 1.29 is 20.1 Å². The number of aliphatic hydroxyl groups is 3. The Balaban J connectivity index is 2.00. The van der Waals surface area contributed by atoms with Crippen LogP contribution < -0.4 is 0 Å². The molecule has 1 aliphatic heterocycles. The van der Waals surface area contributed by atoms with Gasteiger partial charge in [-0.25, -0.2) is 9.97 Å². The summed E-state index contributed by atoms with van der Waals surface area (Å²) in [5.74, 6) is 0. The van der Waals surface area contributed by atoms with Gasteiger partial charge in [0.1, 0.15) is 23.8 Å². The minimum atomic E-state index is -1.12. The molecule has 0 saturated carbocycles. The van der Waals surface area contributed by atoms with Crippen LogP contribution in [0.3, 0.4) is 0 Å². The molecule has 7 nitrogen and oxygen atoms in total. The van der Waals surface area contributed by atoms with E-state index in [1.807, 2.05) is 0 Å². The molecule has 2 aromatic rings. The van der Waals surface area contributed by atoms with Gasteiger partial charge in [-0.2, -0.15) is 0 Å². The van der Waals surface area contributed by atoms with Gasteiger partial charge in [0.2, 0.25) is 0 Å². The maximum absolute atomic E-state index is 9.93. The largest absolute Gasteiger partial charge is 0.394 e. The van der Waals surface area contributed by atoms with Crippen molar-refractivity contribution in [2.24, 2.45) is 0 Å². The summed E-state index contributed by atoms with van der Waals surface area (Å²) in [6.45, 7) is -0.352. The molecule has 0 spiro atoms. The first-order valence-electron chi connectivity index (χ1n) is 5.62. The highest BCUT2D eigenvalue weighted by Gasteiger charge is 2.43. The minimum Gasteiger partial charge on any atom is -0.394 e. The van der Waals surface area contributed by atoms with E-state index in [0.717, 1.165) is 0 Å². The van der Waals surface area contributed by atoms with Gasteiger partial charge >= 0.3 is 0 Å². The fourth-order valence-corrected chi connectivity index (χ4v) is 2.16. The summed E-state index contributed by atoms with van der Waals surface area (Å²) < 4.78 is 6.98. The summed E-state index contributed by atoms with van der Waals surface area (Å²) in [6.07, 6.45) is -0.731. The molecule has 3 rings (SSSR count). The van der Waals surface area contributed by atoms with E-state index in [1.54, 1.807) is 22.9 Å². The van der Waals surface area contributed by atoms with Crippen LogP contribution in [-0.2, 0) is 4.74 Å². The Morgan fingerprint density at radius 1 is 1.28 bits per heavy atom. The molecule has 0 amide bonds. The number of fused-ring (bicyclic) bond motifs is 1. The van der Waals surface area contributed by atoms with E-state index in [4.69, 9.17) is 9.84 Å². The standard InChI is InChI=1S/C11H13N3O4/c15-4-7-8(16)9(17)11(18-7)14-5-13-6-2-1-3-12-10(6)14/h1-3,5,7-9,11,15-17H,4H2/t7-,8?,9?,11-/m1/s1. The highest BCUT2D eigenvalue weighted by molar-refractivity contribution is 5.70. The van der Waals surface area contributed by atoms with Crippen molar-refractivity contribution in [1.82, 2.24) is 14.5 Å². The molecule has 3 heterocycles. The number of imidazole rings is 1. The molecular formula is C11H13N3O4. The van der Waals surface area contributed by atoms with E-state index in [1.165, 1.54) is 6.33 Å². The van der Waals surface area contributed by atoms with E-state index < -0.39 is 24.5 Å². The first kappa shape index (κ1) is 11.5.